The molecule has 0 spiro atoms. The monoisotopic (exact) mass is 343 g/mol. The molecule has 1 N–H and O–H groups in total. The van der Waals surface area contributed by atoms with Gasteiger partial charge in [-0.3, -0.25) is 0 Å². The van der Waals surface area contributed by atoms with Crippen molar-refractivity contribution in [1.29, 1.82) is 0 Å². The summed E-state index contributed by atoms with van der Waals surface area (Å²) in [5.41, 5.74) is 3.42. The molecule has 21 heavy (non-hydrogen) atoms. The van der Waals surface area contributed by atoms with Crippen molar-refractivity contribution in [1.82, 2.24) is 0 Å². The van der Waals surface area contributed by atoms with Crippen LogP contribution >= 0.6 is 15.9 Å². The number of benzene rings is 2. The Kier molecular flexibility index (Phi) is 3.11. The topological polar surface area (TPSA) is 12.0 Å². The summed E-state index contributed by atoms with van der Waals surface area (Å²) in [6.45, 7) is 0. The normalized spacial score (nSPS) is 26.1. The summed E-state index contributed by atoms with van der Waals surface area (Å²) in [5, 5.41) is 3.61. The molecule has 0 fully saturated rings. The summed E-state index contributed by atoms with van der Waals surface area (Å²) in [6, 6.07) is 13.8. The molecule has 1 nitrogen and oxygen atoms in total. The zero-order valence-electron chi connectivity index (χ0n) is 11.4. The SMILES string of the molecule is Fc1ccc2c(c1)[C@@H]1C=CC[C@@H]1[C@H](c1ccc(Br)cc1)N2. The van der Waals surface area contributed by atoms with E-state index in [0.29, 0.717) is 11.8 Å². The van der Waals surface area contributed by atoms with Crippen molar-refractivity contribution in [2.45, 2.75) is 18.4 Å². The number of nitrogens with one attached hydrogen (secondary N) is 1. The van der Waals surface area contributed by atoms with Crippen LogP contribution in [0.1, 0.15) is 29.5 Å². The third kappa shape index (κ3) is 2.20. The molecule has 3 heteroatoms. The van der Waals surface area contributed by atoms with Gasteiger partial charge >= 0.3 is 0 Å². The maximum Gasteiger partial charge on any atom is 0.123 e. The molecule has 2 aliphatic rings. The number of fused-ring (bicyclic) bond motifs is 3. The van der Waals surface area contributed by atoms with Gasteiger partial charge in [0, 0.05) is 16.1 Å². The molecule has 106 valence electrons. The Morgan fingerprint density at radius 3 is 2.71 bits per heavy atom. The van der Waals surface area contributed by atoms with Gasteiger partial charge in [-0.2, -0.15) is 0 Å². The van der Waals surface area contributed by atoms with E-state index in [1.54, 1.807) is 6.07 Å². The van der Waals surface area contributed by atoms with Crippen LogP contribution in [0.5, 0.6) is 0 Å². The van der Waals surface area contributed by atoms with Crippen LogP contribution in [0.4, 0.5) is 10.1 Å². The van der Waals surface area contributed by atoms with E-state index in [2.05, 4.69) is 57.7 Å². The first-order valence-corrected chi connectivity index (χ1v) is 8.00. The highest BCUT2D eigenvalue weighted by atomic mass is 79.9. The fraction of sp³-hybridized carbons (Fsp3) is 0.222. The molecule has 1 heterocycles. The van der Waals surface area contributed by atoms with Gasteiger partial charge in [0.2, 0.25) is 0 Å². The number of allylic oxidation sites excluding steroid dienone is 2. The van der Waals surface area contributed by atoms with Crippen LogP contribution < -0.4 is 5.32 Å². The zero-order chi connectivity index (χ0) is 14.4. The molecule has 0 radical (unpaired) electrons. The van der Waals surface area contributed by atoms with Gasteiger partial charge in [-0.1, -0.05) is 40.2 Å². The Morgan fingerprint density at radius 2 is 1.90 bits per heavy atom. The molecular weight excluding hydrogens is 329 g/mol. The van der Waals surface area contributed by atoms with Crippen molar-refractivity contribution < 1.29 is 4.39 Å². The third-order valence-electron chi connectivity index (χ3n) is 4.55. The van der Waals surface area contributed by atoms with Crippen molar-refractivity contribution in [3.05, 3.63) is 76.0 Å². The maximum atomic E-state index is 13.6. The van der Waals surface area contributed by atoms with E-state index in [9.17, 15) is 4.39 Å². The predicted molar refractivity (Wildman–Crippen MR) is 86.9 cm³/mol. The lowest BCUT2D eigenvalue weighted by Crippen LogP contribution is -2.29. The first kappa shape index (κ1) is 13.1. The Morgan fingerprint density at radius 1 is 1.10 bits per heavy atom. The molecule has 1 aliphatic carbocycles. The van der Waals surface area contributed by atoms with Crippen molar-refractivity contribution in [2.75, 3.05) is 5.32 Å². The van der Waals surface area contributed by atoms with E-state index < -0.39 is 0 Å². The number of anilines is 1. The van der Waals surface area contributed by atoms with E-state index in [4.69, 9.17) is 0 Å². The largest absolute Gasteiger partial charge is 0.378 e. The smallest absolute Gasteiger partial charge is 0.123 e. The molecule has 0 saturated carbocycles. The van der Waals surface area contributed by atoms with Gasteiger partial charge in [0.15, 0.2) is 0 Å². The van der Waals surface area contributed by atoms with Crippen LogP contribution in [0, 0.1) is 11.7 Å². The molecule has 3 atom stereocenters. The zero-order valence-corrected chi connectivity index (χ0v) is 13.0. The second-order valence-electron chi connectivity index (χ2n) is 5.76. The fourth-order valence-corrected chi connectivity index (χ4v) is 3.83. The Balaban J connectivity index is 1.78. The van der Waals surface area contributed by atoms with Crippen LogP contribution in [0.15, 0.2) is 59.1 Å². The van der Waals surface area contributed by atoms with Crippen molar-refractivity contribution in [3.63, 3.8) is 0 Å². The van der Waals surface area contributed by atoms with E-state index in [-0.39, 0.29) is 11.9 Å². The van der Waals surface area contributed by atoms with Crippen molar-refractivity contribution >= 4 is 21.6 Å². The van der Waals surface area contributed by atoms with Gasteiger partial charge in [0.1, 0.15) is 5.82 Å². The highest BCUT2D eigenvalue weighted by Crippen LogP contribution is 2.49. The third-order valence-corrected chi connectivity index (χ3v) is 5.08. The summed E-state index contributed by atoms with van der Waals surface area (Å²) >= 11 is 3.49. The van der Waals surface area contributed by atoms with Crippen molar-refractivity contribution in [3.8, 4) is 0 Å². The van der Waals surface area contributed by atoms with Gasteiger partial charge in [0.05, 0.1) is 6.04 Å². The molecule has 2 aromatic carbocycles. The van der Waals surface area contributed by atoms with Gasteiger partial charge < -0.3 is 5.32 Å². The molecule has 0 saturated heterocycles. The molecule has 0 aromatic heterocycles. The summed E-state index contributed by atoms with van der Waals surface area (Å²) < 4.78 is 14.6. The second-order valence-corrected chi connectivity index (χ2v) is 6.67. The number of rotatable bonds is 1. The average Bonchev–Trinajstić information content (AvgIpc) is 2.97. The second kappa shape index (κ2) is 4.99. The van der Waals surface area contributed by atoms with Crippen LogP contribution in [-0.4, -0.2) is 0 Å². The molecule has 0 amide bonds. The van der Waals surface area contributed by atoms with Crippen LogP contribution in [0.2, 0.25) is 0 Å². The summed E-state index contributed by atoms with van der Waals surface area (Å²) in [4.78, 5) is 0. The van der Waals surface area contributed by atoms with Gasteiger partial charge in [-0.15, -0.1) is 0 Å². The van der Waals surface area contributed by atoms with E-state index in [1.165, 1.54) is 11.6 Å². The highest BCUT2D eigenvalue weighted by molar-refractivity contribution is 9.10. The molecule has 1 aliphatic heterocycles. The summed E-state index contributed by atoms with van der Waals surface area (Å²) in [5.74, 6) is 0.614. The summed E-state index contributed by atoms with van der Waals surface area (Å²) in [6.07, 6.45) is 5.49. The minimum Gasteiger partial charge on any atom is -0.378 e. The Labute approximate surface area is 132 Å². The fourth-order valence-electron chi connectivity index (χ4n) is 3.57. The molecular formula is C18H15BrFN. The van der Waals surface area contributed by atoms with E-state index in [1.807, 2.05) is 6.07 Å². The Hall–Kier alpha value is -1.61. The minimum atomic E-state index is -0.156. The van der Waals surface area contributed by atoms with E-state index in [0.717, 1.165) is 22.1 Å². The molecule has 2 aromatic rings. The first-order valence-electron chi connectivity index (χ1n) is 7.20. The lowest BCUT2D eigenvalue weighted by atomic mass is 9.77. The minimum absolute atomic E-state index is 0.156. The molecule has 4 rings (SSSR count). The lowest BCUT2D eigenvalue weighted by Gasteiger charge is -2.37. The summed E-state index contributed by atoms with van der Waals surface area (Å²) in [7, 11) is 0. The van der Waals surface area contributed by atoms with Gasteiger partial charge in [0.25, 0.3) is 0 Å². The number of hydrogen-bond acceptors (Lipinski definition) is 1. The number of hydrogen-bond donors (Lipinski definition) is 1. The average molecular weight is 344 g/mol. The molecule has 0 bridgehead atoms. The molecule has 0 unspecified atom stereocenters. The number of halogens is 2. The van der Waals surface area contributed by atoms with Crippen LogP contribution in [0.25, 0.3) is 0 Å². The van der Waals surface area contributed by atoms with Gasteiger partial charge in [-0.25, -0.2) is 4.39 Å². The van der Waals surface area contributed by atoms with Gasteiger partial charge in [-0.05, 0) is 53.8 Å². The van der Waals surface area contributed by atoms with E-state index >= 15 is 0 Å². The quantitative estimate of drug-likeness (QED) is 0.682. The highest BCUT2D eigenvalue weighted by Gasteiger charge is 2.37. The first-order chi connectivity index (χ1) is 10.2. The van der Waals surface area contributed by atoms with Crippen molar-refractivity contribution in [2.24, 2.45) is 5.92 Å². The predicted octanol–water partition coefficient (Wildman–Crippen LogP) is 5.41. The maximum absolute atomic E-state index is 13.6. The standard InChI is InChI=1S/C18H15BrFN/c19-12-6-4-11(5-7-12)18-15-3-1-2-14(15)16-10-13(20)8-9-17(16)21-18/h1-2,4-10,14-15,18,21H,3H2/t14-,15+,18+/m1/s1. The van der Waals surface area contributed by atoms with Crippen LogP contribution in [0.3, 0.4) is 0 Å². The van der Waals surface area contributed by atoms with Crippen LogP contribution in [-0.2, 0) is 0 Å². The lowest BCUT2D eigenvalue weighted by molar-refractivity contribution is 0.424. The Bertz CT molecular complexity index is 708.